The fourth-order valence-corrected chi connectivity index (χ4v) is 2.97. The third-order valence-corrected chi connectivity index (χ3v) is 4.07. The molecule has 0 radical (unpaired) electrons. The molecular formula is C14H16ClNO4. The van der Waals surface area contributed by atoms with Crippen molar-refractivity contribution in [3.05, 3.63) is 22.7 Å². The van der Waals surface area contributed by atoms with Gasteiger partial charge in [-0.25, -0.2) is 0 Å². The largest absolute Gasteiger partial charge is 0.454 e. The summed E-state index contributed by atoms with van der Waals surface area (Å²) in [7, 11) is 0. The van der Waals surface area contributed by atoms with Crippen LogP contribution < -0.4 is 9.47 Å². The molecule has 1 saturated heterocycles. The van der Waals surface area contributed by atoms with Crippen molar-refractivity contribution < 1.29 is 19.4 Å². The van der Waals surface area contributed by atoms with Gasteiger partial charge in [-0.2, -0.15) is 0 Å². The van der Waals surface area contributed by atoms with Gasteiger partial charge in [-0.1, -0.05) is 11.6 Å². The Balaban J connectivity index is 1.77. The van der Waals surface area contributed by atoms with Gasteiger partial charge >= 0.3 is 0 Å². The number of hydrogen-bond acceptors (Lipinski definition) is 4. The number of aliphatic hydroxyl groups is 1. The lowest BCUT2D eigenvalue weighted by molar-refractivity contribution is 0.0784. The second kappa shape index (κ2) is 5.50. The van der Waals surface area contributed by atoms with Gasteiger partial charge in [0.15, 0.2) is 11.5 Å². The average molecular weight is 298 g/mol. The molecule has 5 nitrogen and oxygen atoms in total. The molecule has 6 heteroatoms. The van der Waals surface area contributed by atoms with E-state index in [0.29, 0.717) is 34.5 Å². The van der Waals surface area contributed by atoms with E-state index >= 15 is 0 Å². The zero-order chi connectivity index (χ0) is 14.1. The summed E-state index contributed by atoms with van der Waals surface area (Å²) in [5.41, 5.74) is 0.517. The summed E-state index contributed by atoms with van der Waals surface area (Å²) in [6.07, 6.45) is 1.68. The number of ether oxygens (including phenoxy) is 2. The van der Waals surface area contributed by atoms with E-state index in [0.717, 1.165) is 19.4 Å². The molecule has 1 N–H and O–H groups in total. The molecule has 1 atom stereocenters. The van der Waals surface area contributed by atoms with E-state index in [1.807, 2.05) is 0 Å². The number of carbonyl (C=O) groups is 1. The predicted molar refractivity (Wildman–Crippen MR) is 73.3 cm³/mol. The zero-order valence-electron chi connectivity index (χ0n) is 11.0. The summed E-state index contributed by atoms with van der Waals surface area (Å²) in [4.78, 5) is 14.3. The van der Waals surface area contributed by atoms with E-state index < -0.39 is 0 Å². The van der Waals surface area contributed by atoms with E-state index in [-0.39, 0.29) is 19.3 Å². The summed E-state index contributed by atoms with van der Waals surface area (Å²) < 4.78 is 10.5. The predicted octanol–water partition coefficient (Wildman–Crippen LogP) is 1.91. The fraction of sp³-hybridized carbons (Fsp3) is 0.500. The Hall–Kier alpha value is -1.46. The quantitative estimate of drug-likeness (QED) is 0.926. The molecule has 3 rings (SSSR count). The van der Waals surface area contributed by atoms with Crippen molar-refractivity contribution in [1.82, 2.24) is 4.90 Å². The van der Waals surface area contributed by atoms with E-state index in [1.54, 1.807) is 17.0 Å². The van der Waals surface area contributed by atoms with Gasteiger partial charge in [-0.05, 0) is 30.9 Å². The second-order valence-electron chi connectivity index (χ2n) is 5.11. The highest BCUT2D eigenvalue weighted by Crippen LogP contribution is 2.40. The fourth-order valence-electron chi connectivity index (χ4n) is 2.71. The number of nitrogens with zero attached hydrogens (tertiary/aromatic N) is 1. The third-order valence-electron chi connectivity index (χ3n) is 3.78. The summed E-state index contributed by atoms with van der Waals surface area (Å²) in [6.45, 7) is 1.71. The van der Waals surface area contributed by atoms with Crippen LogP contribution >= 0.6 is 11.6 Å². The number of aliphatic hydroxyl groups excluding tert-OH is 1. The van der Waals surface area contributed by atoms with Gasteiger partial charge in [0, 0.05) is 25.3 Å². The van der Waals surface area contributed by atoms with Gasteiger partial charge in [0.25, 0.3) is 5.91 Å². The maximum absolute atomic E-state index is 12.5. The molecule has 20 heavy (non-hydrogen) atoms. The molecule has 0 spiro atoms. The number of fused-ring (bicyclic) bond motifs is 1. The summed E-state index contributed by atoms with van der Waals surface area (Å²) >= 11 is 6.10. The molecule has 108 valence electrons. The van der Waals surface area contributed by atoms with E-state index in [1.165, 1.54) is 0 Å². The molecule has 1 aromatic carbocycles. The van der Waals surface area contributed by atoms with E-state index in [9.17, 15) is 4.79 Å². The molecule has 1 amide bonds. The van der Waals surface area contributed by atoms with E-state index in [2.05, 4.69) is 0 Å². The molecule has 1 unspecified atom stereocenters. The lowest BCUT2D eigenvalue weighted by Gasteiger charge is -2.17. The maximum Gasteiger partial charge on any atom is 0.254 e. The number of halogens is 1. The molecular weight excluding hydrogens is 282 g/mol. The van der Waals surface area contributed by atoms with Crippen LogP contribution in [0.15, 0.2) is 12.1 Å². The molecule has 0 aliphatic carbocycles. The first-order valence-corrected chi connectivity index (χ1v) is 7.06. The highest BCUT2D eigenvalue weighted by Gasteiger charge is 2.28. The van der Waals surface area contributed by atoms with Gasteiger partial charge < -0.3 is 19.5 Å². The van der Waals surface area contributed by atoms with Crippen LogP contribution in [-0.4, -0.2) is 42.4 Å². The number of rotatable bonds is 3. The Morgan fingerprint density at radius 1 is 1.45 bits per heavy atom. The number of hydrogen-bond donors (Lipinski definition) is 1. The standard InChI is InChI=1S/C14H16ClNO4/c15-11-5-10(6-12-13(11)20-8-19-12)14(18)16-3-1-9(7-16)2-4-17/h5-6,9,17H,1-4,7-8H2. The smallest absolute Gasteiger partial charge is 0.254 e. The van der Waals surface area contributed by atoms with Crippen molar-refractivity contribution in [1.29, 1.82) is 0 Å². The minimum Gasteiger partial charge on any atom is -0.454 e. The first-order valence-electron chi connectivity index (χ1n) is 6.68. The van der Waals surface area contributed by atoms with Crippen molar-refractivity contribution in [2.45, 2.75) is 12.8 Å². The van der Waals surface area contributed by atoms with Crippen LogP contribution in [0.4, 0.5) is 0 Å². The van der Waals surface area contributed by atoms with Crippen LogP contribution in [0, 0.1) is 5.92 Å². The first-order chi connectivity index (χ1) is 9.69. The third kappa shape index (κ3) is 2.43. The molecule has 0 bridgehead atoms. The zero-order valence-corrected chi connectivity index (χ0v) is 11.7. The Labute approximate surface area is 122 Å². The monoisotopic (exact) mass is 297 g/mol. The van der Waals surface area contributed by atoms with Crippen LogP contribution in [0.2, 0.25) is 5.02 Å². The highest BCUT2D eigenvalue weighted by atomic mass is 35.5. The molecule has 2 aliphatic heterocycles. The Kier molecular flexibility index (Phi) is 3.72. The van der Waals surface area contributed by atoms with Crippen LogP contribution in [0.5, 0.6) is 11.5 Å². The normalized spacial score (nSPS) is 20.5. The van der Waals surface area contributed by atoms with Crippen molar-refractivity contribution >= 4 is 17.5 Å². The highest BCUT2D eigenvalue weighted by molar-refractivity contribution is 6.32. The van der Waals surface area contributed by atoms with Gasteiger partial charge in [-0.15, -0.1) is 0 Å². The topological polar surface area (TPSA) is 59.0 Å². The minimum absolute atomic E-state index is 0.0503. The average Bonchev–Trinajstić information content (AvgIpc) is 3.07. The van der Waals surface area contributed by atoms with Crippen LogP contribution in [0.3, 0.4) is 0 Å². The Morgan fingerprint density at radius 3 is 3.10 bits per heavy atom. The van der Waals surface area contributed by atoms with Crippen molar-refractivity contribution in [3.63, 3.8) is 0 Å². The first kappa shape index (κ1) is 13.5. The molecule has 2 heterocycles. The summed E-state index contributed by atoms with van der Waals surface area (Å²) in [6, 6.07) is 3.30. The molecule has 0 saturated carbocycles. The lowest BCUT2D eigenvalue weighted by Crippen LogP contribution is -2.28. The molecule has 1 aromatic rings. The van der Waals surface area contributed by atoms with Gasteiger partial charge in [-0.3, -0.25) is 4.79 Å². The molecule has 1 fully saturated rings. The van der Waals surface area contributed by atoms with Crippen molar-refractivity contribution in [2.75, 3.05) is 26.5 Å². The number of carbonyl (C=O) groups excluding carboxylic acids is 1. The molecule has 0 aromatic heterocycles. The van der Waals surface area contributed by atoms with Gasteiger partial charge in [0.1, 0.15) is 0 Å². The second-order valence-corrected chi connectivity index (χ2v) is 5.52. The van der Waals surface area contributed by atoms with Gasteiger partial charge in [0.2, 0.25) is 6.79 Å². The number of likely N-dealkylation sites (tertiary alicyclic amines) is 1. The van der Waals surface area contributed by atoms with Crippen molar-refractivity contribution in [2.24, 2.45) is 5.92 Å². The van der Waals surface area contributed by atoms with Crippen molar-refractivity contribution in [3.8, 4) is 11.5 Å². The summed E-state index contributed by atoms with van der Waals surface area (Å²) in [5.74, 6) is 1.36. The van der Waals surface area contributed by atoms with Crippen LogP contribution in [0.1, 0.15) is 23.2 Å². The SMILES string of the molecule is O=C(c1cc(Cl)c2c(c1)OCO2)N1CCC(CCO)C1. The number of benzene rings is 1. The Bertz CT molecular complexity index is 534. The minimum atomic E-state index is -0.0503. The van der Waals surface area contributed by atoms with Crippen LogP contribution in [0.25, 0.3) is 0 Å². The lowest BCUT2D eigenvalue weighted by atomic mass is 10.1. The summed E-state index contributed by atoms with van der Waals surface area (Å²) in [5, 5.41) is 9.36. The van der Waals surface area contributed by atoms with E-state index in [4.69, 9.17) is 26.2 Å². The Morgan fingerprint density at radius 2 is 2.30 bits per heavy atom. The van der Waals surface area contributed by atoms with Crippen LogP contribution in [-0.2, 0) is 0 Å². The number of amides is 1. The molecule has 2 aliphatic rings. The van der Waals surface area contributed by atoms with Gasteiger partial charge in [0.05, 0.1) is 5.02 Å². The maximum atomic E-state index is 12.5.